The van der Waals surface area contributed by atoms with Crippen LogP contribution in [0.2, 0.25) is 0 Å². The first-order valence-corrected chi connectivity index (χ1v) is 7.39. The Morgan fingerprint density at radius 1 is 1.38 bits per heavy atom. The van der Waals surface area contributed by atoms with Crippen LogP contribution in [0.1, 0.15) is 50.2 Å². The summed E-state index contributed by atoms with van der Waals surface area (Å²) in [5, 5.41) is 6.64. The molecule has 2 rings (SSSR count). The van der Waals surface area contributed by atoms with Crippen molar-refractivity contribution >= 4 is 18.3 Å². The molecule has 7 heteroatoms. The first-order chi connectivity index (χ1) is 9.63. The minimum Gasteiger partial charge on any atom is -0.356 e. The van der Waals surface area contributed by atoms with Gasteiger partial charge in [0.15, 0.2) is 5.82 Å². The Morgan fingerprint density at radius 2 is 2.10 bits per heavy atom. The van der Waals surface area contributed by atoms with Crippen LogP contribution in [0.4, 0.5) is 0 Å². The van der Waals surface area contributed by atoms with Gasteiger partial charge in [0.2, 0.25) is 11.8 Å². The molecule has 1 saturated carbocycles. The first kappa shape index (κ1) is 17.9. The molecular formula is C14H25ClN4O2. The molecule has 0 aliphatic heterocycles. The number of hydrogen-bond donors (Lipinski definition) is 2. The van der Waals surface area contributed by atoms with Crippen LogP contribution in [0.25, 0.3) is 0 Å². The summed E-state index contributed by atoms with van der Waals surface area (Å²) in [5.41, 5.74) is 5.91. The second-order valence-electron chi connectivity index (χ2n) is 5.78. The molecule has 0 saturated heterocycles. The lowest BCUT2D eigenvalue weighted by atomic mass is 9.71. The highest BCUT2D eigenvalue weighted by molar-refractivity contribution is 5.85. The number of hydrogen-bond acceptors (Lipinski definition) is 5. The molecule has 0 aromatic carbocycles. The van der Waals surface area contributed by atoms with Gasteiger partial charge in [-0.3, -0.25) is 4.79 Å². The molecule has 1 aliphatic carbocycles. The zero-order valence-electron chi connectivity index (χ0n) is 12.6. The van der Waals surface area contributed by atoms with E-state index in [4.69, 9.17) is 10.3 Å². The number of aromatic nitrogens is 2. The number of carbonyl (C=O) groups is 1. The maximum Gasteiger partial charge on any atom is 0.228 e. The van der Waals surface area contributed by atoms with Crippen molar-refractivity contribution in [2.75, 3.05) is 13.1 Å². The lowest BCUT2D eigenvalue weighted by Crippen LogP contribution is -2.39. The van der Waals surface area contributed by atoms with Crippen molar-refractivity contribution in [3.8, 4) is 0 Å². The molecule has 1 amide bonds. The molecule has 0 unspecified atom stereocenters. The van der Waals surface area contributed by atoms with Gasteiger partial charge in [0, 0.05) is 19.4 Å². The molecule has 1 heterocycles. The van der Waals surface area contributed by atoms with Crippen LogP contribution in [-0.2, 0) is 11.2 Å². The van der Waals surface area contributed by atoms with E-state index in [2.05, 4.69) is 15.5 Å². The lowest BCUT2D eigenvalue weighted by molar-refractivity contribution is -0.123. The van der Waals surface area contributed by atoms with Gasteiger partial charge >= 0.3 is 0 Å². The molecule has 1 aliphatic rings. The monoisotopic (exact) mass is 316 g/mol. The van der Waals surface area contributed by atoms with Crippen LogP contribution in [0, 0.1) is 12.3 Å². The van der Waals surface area contributed by atoms with Crippen molar-refractivity contribution in [2.24, 2.45) is 11.1 Å². The van der Waals surface area contributed by atoms with Crippen molar-refractivity contribution in [2.45, 2.75) is 51.9 Å². The number of amides is 1. The molecule has 1 aromatic rings. The molecule has 3 N–H and O–H groups in total. The van der Waals surface area contributed by atoms with Crippen LogP contribution in [0.15, 0.2) is 4.52 Å². The van der Waals surface area contributed by atoms with Crippen molar-refractivity contribution in [3.63, 3.8) is 0 Å². The maximum absolute atomic E-state index is 12.0. The summed E-state index contributed by atoms with van der Waals surface area (Å²) in [4.78, 5) is 16.1. The van der Waals surface area contributed by atoms with E-state index in [0.717, 1.165) is 12.8 Å². The second-order valence-corrected chi connectivity index (χ2v) is 5.78. The Kier molecular flexibility index (Phi) is 7.11. The van der Waals surface area contributed by atoms with Gasteiger partial charge in [-0.15, -0.1) is 12.4 Å². The van der Waals surface area contributed by atoms with Gasteiger partial charge < -0.3 is 15.6 Å². The number of rotatable bonds is 6. The van der Waals surface area contributed by atoms with Crippen molar-refractivity contribution in [1.29, 1.82) is 0 Å². The van der Waals surface area contributed by atoms with E-state index in [1.165, 1.54) is 19.3 Å². The number of nitrogens with zero attached hydrogens (tertiary/aromatic N) is 2. The van der Waals surface area contributed by atoms with Crippen LogP contribution in [0.3, 0.4) is 0 Å². The third kappa shape index (κ3) is 5.28. The average Bonchev–Trinajstić information content (AvgIpc) is 2.85. The SMILES string of the molecule is Cc1noc(CCNC(=O)CC2(CN)CCCCC2)n1.Cl. The highest BCUT2D eigenvalue weighted by Crippen LogP contribution is 2.38. The number of nitrogens with one attached hydrogen (secondary N) is 1. The summed E-state index contributed by atoms with van der Waals surface area (Å²) in [6.45, 7) is 2.91. The standard InChI is InChI=1S/C14H24N4O2.ClH/c1-11-17-13(20-18-11)5-8-16-12(19)9-14(10-15)6-3-2-4-7-14;/h2-10,15H2,1H3,(H,16,19);1H. The number of aryl methyl sites for hydroxylation is 1. The topological polar surface area (TPSA) is 94.0 Å². The second kappa shape index (κ2) is 8.34. The fraction of sp³-hybridized carbons (Fsp3) is 0.786. The number of carbonyl (C=O) groups excluding carboxylic acids is 1. The Labute approximate surface area is 131 Å². The van der Waals surface area contributed by atoms with Crippen molar-refractivity contribution in [1.82, 2.24) is 15.5 Å². The summed E-state index contributed by atoms with van der Waals surface area (Å²) in [6, 6.07) is 0. The van der Waals surface area contributed by atoms with E-state index < -0.39 is 0 Å². The Balaban J connectivity index is 0.00000220. The molecule has 1 fully saturated rings. The van der Waals surface area contributed by atoms with Crippen LogP contribution < -0.4 is 11.1 Å². The minimum atomic E-state index is 0. The van der Waals surface area contributed by atoms with Crippen molar-refractivity contribution in [3.05, 3.63) is 11.7 Å². The average molecular weight is 317 g/mol. The largest absolute Gasteiger partial charge is 0.356 e. The fourth-order valence-corrected chi connectivity index (χ4v) is 2.91. The fourth-order valence-electron chi connectivity index (χ4n) is 2.91. The predicted molar refractivity (Wildman–Crippen MR) is 82.2 cm³/mol. The Hall–Kier alpha value is -1.14. The van der Waals surface area contributed by atoms with Gasteiger partial charge in [-0.2, -0.15) is 4.98 Å². The van der Waals surface area contributed by atoms with Crippen LogP contribution in [0.5, 0.6) is 0 Å². The number of halogens is 1. The summed E-state index contributed by atoms with van der Waals surface area (Å²) < 4.78 is 5.00. The molecule has 6 nitrogen and oxygen atoms in total. The molecule has 0 bridgehead atoms. The summed E-state index contributed by atoms with van der Waals surface area (Å²) >= 11 is 0. The van der Waals surface area contributed by atoms with E-state index >= 15 is 0 Å². The zero-order valence-corrected chi connectivity index (χ0v) is 13.4. The zero-order chi connectivity index (χ0) is 14.4. The highest BCUT2D eigenvalue weighted by atomic mass is 35.5. The molecule has 0 radical (unpaired) electrons. The molecular weight excluding hydrogens is 292 g/mol. The quantitative estimate of drug-likeness (QED) is 0.834. The smallest absolute Gasteiger partial charge is 0.228 e. The van der Waals surface area contributed by atoms with Gasteiger partial charge in [0.1, 0.15) is 0 Å². The molecule has 120 valence electrons. The maximum atomic E-state index is 12.0. The molecule has 1 aromatic heterocycles. The third-order valence-electron chi connectivity index (χ3n) is 4.11. The van der Waals surface area contributed by atoms with Gasteiger partial charge in [0.05, 0.1) is 0 Å². The third-order valence-corrected chi connectivity index (χ3v) is 4.11. The van der Waals surface area contributed by atoms with Gasteiger partial charge in [-0.1, -0.05) is 24.4 Å². The molecule has 0 atom stereocenters. The predicted octanol–water partition coefficient (Wildman–Crippen LogP) is 1.76. The van der Waals surface area contributed by atoms with E-state index in [-0.39, 0.29) is 23.7 Å². The summed E-state index contributed by atoms with van der Waals surface area (Å²) in [6.07, 6.45) is 6.88. The van der Waals surface area contributed by atoms with Gasteiger partial charge in [-0.05, 0) is 31.7 Å². The van der Waals surface area contributed by atoms with Crippen LogP contribution >= 0.6 is 12.4 Å². The van der Waals surface area contributed by atoms with E-state index in [0.29, 0.717) is 37.6 Å². The van der Waals surface area contributed by atoms with E-state index in [1.54, 1.807) is 6.92 Å². The normalized spacial score (nSPS) is 17.0. The van der Waals surface area contributed by atoms with Crippen LogP contribution in [-0.4, -0.2) is 29.1 Å². The minimum absolute atomic E-state index is 0. The number of nitrogens with two attached hydrogens (primary N) is 1. The molecule has 21 heavy (non-hydrogen) atoms. The Morgan fingerprint density at radius 3 is 2.67 bits per heavy atom. The van der Waals surface area contributed by atoms with E-state index in [1.807, 2.05) is 0 Å². The molecule has 0 spiro atoms. The Bertz CT molecular complexity index is 444. The van der Waals surface area contributed by atoms with Gasteiger partial charge in [-0.25, -0.2) is 0 Å². The van der Waals surface area contributed by atoms with Gasteiger partial charge in [0.25, 0.3) is 0 Å². The first-order valence-electron chi connectivity index (χ1n) is 7.39. The van der Waals surface area contributed by atoms with Crippen molar-refractivity contribution < 1.29 is 9.32 Å². The summed E-state index contributed by atoms with van der Waals surface area (Å²) in [7, 11) is 0. The lowest BCUT2D eigenvalue weighted by Gasteiger charge is -2.35. The highest BCUT2D eigenvalue weighted by Gasteiger charge is 2.32. The summed E-state index contributed by atoms with van der Waals surface area (Å²) in [5.74, 6) is 1.26. The van der Waals surface area contributed by atoms with E-state index in [9.17, 15) is 4.79 Å².